The number of thioether (sulfide) groups is 1. The summed E-state index contributed by atoms with van der Waals surface area (Å²) >= 11 is 6.51. The smallest absolute Gasteiger partial charge is 0.270 e. The Morgan fingerprint density at radius 3 is 2.82 bits per heavy atom. The fraction of sp³-hybridized carbons (Fsp3) is 0.0625. The second-order valence-electron chi connectivity index (χ2n) is 4.64. The van der Waals surface area contributed by atoms with Gasteiger partial charge in [0.1, 0.15) is 5.76 Å². The van der Waals surface area contributed by atoms with Gasteiger partial charge in [-0.25, -0.2) is 0 Å². The number of hydrogen-bond acceptors (Lipinski definition) is 5. The van der Waals surface area contributed by atoms with Gasteiger partial charge in [-0.1, -0.05) is 36.1 Å². The molecular weight excluding hydrogens is 318 g/mol. The predicted octanol–water partition coefficient (Wildman–Crippen LogP) is 3.89. The van der Waals surface area contributed by atoms with Gasteiger partial charge in [-0.05, 0) is 31.2 Å². The monoisotopic (exact) mass is 329 g/mol. The number of hydrogen-bond donors (Lipinski definition) is 0. The van der Waals surface area contributed by atoms with Crippen molar-refractivity contribution in [3.8, 4) is 0 Å². The number of amides is 1. The number of carbonyl (C=O) groups excluding carboxylic acids is 2. The molecule has 0 atom stereocenters. The Morgan fingerprint density at radius 2 is 2.14 bits per heavy atom. The first-order valence-electron chi connectivity index (χ1n) is 6.49. The van der Waals surface area contributed by atoms with E-state index in [4.69, 9.17) is 16.6 Å². The van der Waals surface area contributed by atoms with E-state index in [0.29, 0.717) is 26.2 Å². The summed E-state index contributed by atoms with van der Waals surface area (Å²) in [7, 11) is 0. The molecule has 4 nitrogen and oxygen atoms in total. The molecule has 0 unspecified atom stereocenters. The maximum Gasteiger partial charge on any atom is 0.270 e. The molecule has 1 saturated heterocycles. The number of nitrogens with zero attached hydrogens (tertiary/aromatic N) is 1. The van der Waals surface area contributed by atoms with Crippen LogP contribution in [0.15, 0.2) is 52.0 Å². The van der Waals surface area contributed by atoms with Gasteiger partial charge in [0.25, 0.3) is 5.91 Å². The molecule has 2 heterocycles. The van der Waals surface area contributed by atoms with Crippen LogP contribution in [0.25, 0.3) is 6.08 Å². The standard InChI is InChI=1S/C16H11NO3S2/c1-10(18)11-4-2-5-12(8-11)17-15(19)14(22-16(17)21)9-13-6-3-7-20-13/h2-9H,1H3. The lowest BCUT2D eigenvalue weighted by Gasteiger charge is -2.15. The van der Waals surface area contributed by atoms with Gasteiger partial charge >= 0.3 is 0 Å². The Hall–Kier alpha value is -2.18. The van der Waals surface area contributed by atoms with Crippen LogP contribution in [0.4, 0.5) is 5.69 Å². The van der Waals surface area contributed by atoms with E-state index in [1.165, 1.54) is 23.6 Å². The molecule has 0 saturated carbocycles. The van der Waals surface area contributed by atoms with Crippen LogP contribution in [0.3, 0.4) is 0 Å². The summed E-state index contributed by atoms with van der Waals surface area (Å²) in [5, 5.41) is 0. The first kappa shape index (κ1) is 14.7. The van der Waals surface area contributed by atoms with Crippen LogP contribution in [0.5, 0.6) is 0 Å². The number of anilines is 1. The summed E-state index contributed by atoms with van der Waals surface area (Å²) in [6.45, 7) is 1.49. The van der Waals surface area contributed by atoms with E-state index in [1.54, 1.807) is 48.7 Å². The van der Waals surface area contributed by atoms with Gasteiger partial charge in [0.05, 0.1) is 16.9 Å². The van der Waals surface area contributed by atoms with Gasteiger partial charge in [0, 0.05) is 11.6 Å². The molecule has 110 valence electrons. The fourth-order valence-electron chi connectivity index (χ4n) is 2.06. The van der Waals surface area contributed by atoms with Crippen molar-refractivity contribution in [2.45, 2.75) is 6.92 Å². The molecule has 1 aliphatic rings. The minimum atomic E-state index is -0.216. The Balaban J connectivity index is 1.95. The third-order valence-electron chi connectivity index (χ3n) is 3.12. The summed E-state index contributed by atoms with van der Waals surface area (Å²) in [5.41, 5.74) is 1.14. The average Bonchev–Trinajstić information content (AvgIpc) is 3.08. The molecule has 1 aliphatic heterocycles. The molecule has 0 N–H and O–H groups in total. The molecule has 1 aromatic carbocycles. The van der Waals surface area contributed by atoms with Crippen LogP contribution in [0.2, 0.25) is 0 Å². The number of Topliss-reactive ketones (excluding diaryl/α,β-unsaturated/α-hetero) is 1. The fourth-order valence-corrected chi connectivity index (χ4v) is 3.34. The van der Waals surface area contributed by atoms with Crippen molar-refractivity contribution in [1.29, 1.82) is 0 Å². The topological polar surface area (TPSA) is 50.5 Å². The second-order valence-corrected chi connectivity index (χ2v) is 6.31. The summed E-state index contributed by atoms with van der Waals surface area (Å²) in [5.74, 6) is 0.323. The molecule has 22 heavy (non-hydrogen) atoms. The lowest BCUT2D eigenvalue weighted by atomic mass is 10.1. The Labute approximate surface area is 136 Å². The van der Waals surface area contributed by atoms with Crippen molar-refractivity contribution >= 4 is 51.8 Å². The quantitative estimate of drug-likeness (QED) is 0.486. The first-order chi connectivity index (χ1) is 10.6. The highest BCUT2D eigenvalue weighted by atomic mass is 32.2. The molecule has 0 aliphatic carbocycles. The number of thiocarbonyl (C=S) groups is 1. The molecule has 1 fully saturated rings. The van der Waals surface area contributed by atoms with Crippen molar-refractivity contribution in [2.75, 3.05) is 4.90 Å². The minimum absolute atomic E-state index is 0.0570. The summed E-state index contributed by atoms with van der Waals surface area (Å²) < 4.78 is 5.66. The lowest BCUT2D eigenvalue weighted by Crippen LogP contribution is -2.27. The number of ketones is 1. The van der Waals surface area contributed by atoms with Crippen LogP contribution in [0.1, 0.15) is 23.0 Å². The van der Waals surface area contributed by atoms with E-state index in [1.807, 2.05) is 0 Å². The van der Waals surface area contributed by atoms with E-state index in [0.717, 1.165) is 0 Å². The lowest BCUT2D eigenvalue weighted by molar-refractivity contribution is -0.113. The van der Waals surface area contributed by atoms with Crippen LogP contribution in [0, 0.1) is 0 Å². The van der Waals surface area contributed by atoms with Gasteiger partial charge in [0.15, 0.2) is 10.1 Å². The first-order valence-corrected chi connectivity index (χ1v) is 7.71. The maximum atomic E-state index is 12.5. The third kappa shape index (κ3) is 2.75. The molecule has 0 bridgehead atoms. The van der Waals surface area contributed by atoms with Crippen molar-refractivity contribution in [3.63, 3.8) is 0 Å². The molecule has 1 amide bonds. The van der Waals surface area contributed by atoms with Gasteiger partial charge < -0.3 is 4.42 Å². The second kappa shape index (κ2) is 5.90. The number of furan rings is 1. The highest BCUT2D eigenvalue weighted by Gasteiger charge is 2.33. The molecule has 0 spiro atoms. The van der Waals surface area contributed by atoms with Gasteiger partial charge in [-0.2, -0.15) is 0 Å². The van der Waals surface area contributed by atoms with Gasteiger partial charge in [-0.15, -0.1) is 0 Å². The summed E-state index contributed by atoms with van der Waals surface area (Å²) in [4.78, 5) is 26.0. The van der Waals surface area contributed by atoms with E-state index < -0.39 is 0 Å². The van der Waals surface area contributed by atoms with Crippen LogP contribution < -0.4 is 4.90 Å². The summed E-state index contributed by atoms with van der Waals surface area (Å²) in [6, 6.07) is 10.4. The Morgan fingerprint density at radius 1 is 1.32 bits per heavy atom. The van der Waals surface area contributed by atoms with E-state index in [2.05, 4.69) is 0 Å². The number of carbonyl (C=O) groups is 2. The van der Waals surface area contributed by atoms with Gasteiger partial charge in [0.2, 0.25) is 0 Å². The Kier molecular flexibility index (Phi) is 3.96. The minimum Gasteiger partial charge on any atom is -0.465 e. The van der Waals surface area contributed by atoms with E-state index >= 15 is 0 Å². The highest BCUT2D eigenvalue weighted by Crippen LogP contribution is 2.36. The maximum absolute atomic E-state index is 12.5. The van der Waals surface area contributed by atoms with Crippen molar-refractivity contribution < 1.29 is 14.0 Å². The zero-order valence-electron chi connectivity index (χ0n) is 11.6. The van der Waals surface area contributed by atoms with E-state index in [-0.39, 0.29) is 11.7 Å². The van der Waals surface area contributed by atoms with Crippen molar-refractivity contribution in [2.24, 2.45) is 0 Å². The van der Waals surface area contributed by atoms with Crippen LogP contribution in [-0.2, 0) is 4.79 Å². The molecule has 3 rings (SSSR count). The third-order valence-corrected chi connectivity index (χ3v) is 4.42. The van der Waals surface area contributed by atoms with Crippen molar-refractivity contribution in [3.05, 3.63) is 58.9 Å². The van der Waals surface area contributed by atoms with Crippen LogP contribution >= 0.6 is 24.0 Å². The van der Waals surface area contributed by atoms with Crippen LogP contribution in [-0.4, -0.2) is 16.0 Å². The summed E-state index contributed by atoms with van der Waals surface area (Å²) in [6.07, 6.45) is 3.21. The zero-order chi connectivity index (χ0) is 15.7. The highest BCUT2D eigenvalue weighted by molar-refractivity contribution is 8.27. The molecule has 0 radical (unpaired) electrons. The predicted molar refractivity (Wildman–Crippen MR) is 90.8 cm³/mol. The van der Waals surface area contributed by atoms with Crippen molar-refractivity contribution in [1.82, 2.24) is 0 Å². The SMILES string of the molecule is CC(=O)c1cccc(N2C(=O)C(=Cc3ccco3)SC2=S)c1. The molecule has 1 aromatic heterocycles. The molecule has 6 heteroatoms. The van der Waals surface area contributed by atoms with E-state index in [9.17, 15) is 9.59 Å². The Bertz CT molecular complexity index is 793. The number of rotatable bonds is 3. The number of benzene rings is 1. The van der Waals surface area contributed by atoms with Gasteiger partial charge in [-0.3, -0.25) is 14.5 Å². The molecular formula is C16H11NO3S2. The zero-order valence-corrected chi connectivity index (χ0v) is 13.2. The molecule has 2 aromatic rings. The normalized spacial score (nSPS) is 16.6. The average molecular weight is 329 g/mol. The largest absolute Gasteiger partial charge is 0.465 e.